The van der Waals surface area contributed by atoms with Gasteiger partial charge in [0.25, 0.3) is 5.69 Å². The second kappa shape index (κ2) is 7.48. The summed E-state index contributed by atoms with van der Waals surface area (Å²) in [5.41, 5.74) is 2.16. The number of anilines is 1. The molecule has 1 N–H and O–H groups in total. The zero-order chi connectivity index (χ0) is 18.5. The van der Waals surface area contributed by atoms with Gasteiger partial charge < -0.3 is 9.73 Å². The van der Waals surface area contributed by atoms with Gasteiger partial charge in [-0.05, 0) is 43.3 Å². The van der Waals surface area contributed by atoms with Crippen LogP contribution in [-0.4, -0.2) is 10.8 Å². The van der Waals surface area contributed by atoms with Crippen molar-refractivity contribution in [2.24, 2.45) is 0 Å². The molecule has 0 atom stereocenters. The van der Waals surface area contributed by atoms with Crippen LogP contribution in [0.3, 0.4) is 0 Å². The predicted octanol–water partition coefficient (Wildman–Crippen LogP) is 4.82. The molecule has 0 radical (unpaired) electrons. The Hall–Kier alpha value is -3.67. The van der Waals surface area contributed by atoms with Crippen LogP contribution in [0.2, 0.25) is 0 Å². The summed E-state index contributed by atoms with van der Waals surface area (Å²) < 4.78 is 5.61. The standard InChI is InChI=1S/C20H16N2O4/c1-14-6-8-15(9-7-14)21-20(23)13-11-16-10-12-19(26-16)17-4-2-3-5-18(17)22(24)25/h2-13H,1H3,(H,21,23)/b13-11+. The summed E-state index contributed by atoms with van der Waals surface area (Å²) in [4.78, 5) is 22.6. The number of nitro benzene ring substituents is 1. The highest BCUT2D eigenvalue weighted by atomic mass is 16.6. The molecule has 2 aromatic carbocycles. The minimum absolute atomic E-state index is 0.0329. The van der Waals surface area contributed by atoms with Crippen LogP contribution in [0.1, 0.15) is 11.3 Å². The second-order valence-corrected chi connectivity index (χ2v) is 5.66. The first kappa shape index (κ1) is 17.2. The molecule has 1 aromatic heterocycles. The van der Waals surface area contributed by atoms with Crippen molar-refractivity contribution in [3.8, 4) is 11.3 Å². The molecule has 0 saturated heterocycles. The molecule has 6 nitrogen and oxygen atoms in total. The summed E-state index contributed by atoms with van der Waals surface area (Å²) in [6.45, 7) is 1.97. The summed E-state index contributed by atoms with van der Waals surface area (Å²) in [5.74, 6) is 0.505. The molecule has 0 unspecified atom stereocenters. The number of para-hydroxylation sites is 1. The SMILES string of the molecule is Cc1ccc(NC(=O)/C=C/c2ccc(-c3ccccc3[N+](=O)[O-])o2)cc1. The Morgan fingerprint density at radius 1 is 1.08 bits per heavy atom. The van der Waals surface area contributed by atoms with E-state index >= 15 is 0 Å². The molecule has 3 rings (SSSR count). The smallest absolute Gasteiger partial charge is 0.280 e. The number of amides is 1. The number of hydrogen-bond acceptors (Lipinski definition) is 4. The van der Waals surface area contributed by atoms with Crippen molar-refractivity contribution >= 4 is 23.4 Å². The van der Waals surface area contributed by atoms with E-state index in [9.17, 15) is 14.9 Å². The number of hydrogen-bond donors (Lipinski definition) is 1. The highest BCUT2D eigenvalue weighted by Gasteiger charge is 2.16. The van der Waals surface area contributed by atoms with Gasteiger partial charge in [-0.25, -0.2) is 0 Å². The van der Waals surface area contributed by atoms with E-state index in [1.165, 1.54) is 18.2 Å². The van der Waals surface area contributed by atoms with E-state index in [4.69, 9.17) is 4.42 Å². The molecule has 1 heterocycles. The van der Waals surface area contributed by atoms with Gasteiger partial charge in [-0.3, -0.25) is 14.9 Å². The largest absolute Gasteiger partial charge is 0.456 e. The third-order valence-corrected chi connectivity index (χ3v) is 3.71. The summed E-state index contributed by atoms with van der Waals surface area (Å²) in [5, 5.41) is 13.9. The molecule has 0 aliphatic heterocycles. The van der Waals surface area contributed by atoms with Crippen LogP contribution in [0, 0.1) is 17.0 Å². The molecule has 0 saturated carbocycles. The van der Waals surface area contributed by atoms with E-state index in [1.54, 1.807) is 30.3 Å². The maximum Gasteiger partial charge on any atom is 0.280 e. The van der Waals surface area contributed by atoms with Crippen molar-refractivity contribution in [2.75, 3.05) is 5.32 Å². The van der Waals surface area contributed by atoms with Gasteiger partial charge in [-0.2, -0.15) is 0 Å². The zero-order valence-electron chi connectivity index (χ0n) is 14.0. The Bertz CT molecular complexity index is 971. The van der Waals surface area contributed by atoms with Gasteiger partial charge in [-0.15, -0.1) is 0 Å². The fourth-order valence-corrected chi connectivity index (χ4v) is 2.41. The lowest BCUT2D eigenvalue weighted by atomic mass is 10.1. The molecule has 26 heavy (non-hydrogen) atoms. The highest BCUT2D eigenvalue weighted by molar-refractivity contribution is 6.01. The molecule has 0 spiro atoms. The summed E-state index contributed by atoms with van der Waals surface area (Å²) in [6, 6.07) is 17.1. The Morgan fingerprint density at radius 2 is 1.81 bits per heavy atom. The average molecular weight is 348 g/mol. The van der Waals surface area contributed by atoms with Crippen molar-refractivity contribution in [1.29, 1.82) is 0 Å². The topological polar surface area (TPSA) is 85.4 Å². The molecule has 3 aromatic rings. The first-order valence-corrected chi connectivity index (χ1v) is 7.92. The number of carbonyl (C=O) groups excluding carboxylic acids is 1. The Kier molecular flexibility index (Phi) is 4.94. The first-order chi connectivity index (χ1) is 12.5. The van der Waals surface area contributed by atoms with Crippen molar-refractivity contribution in [2.45, 2.75) is 6.92 Å². The minimum Gasteiger partial charge on any atom is -0.456 e. The number of rotatable bonds is 5. The van der Waals surface area contributed by atoms with Gasteiger partial charge >= 0.3 is 0 Å². The Balaban J connectivity index is 1.72. The van der Waals surface area contributed by atoms with Crippen LogP contribution in [0.4, 0.5) is 11.4 Å². The summed E-state index contributed by atoms with van der Waals surface area (Å²) in [7, 11) is 0. The number of carbonyl (C=O) groups is 1. The van der Waals surface area contributed by atoms with E-state index in [2.05, 4.69) is 5.32 Å². The summed E-state index contributed by atoms with van der Waals surface area (Å²) >= 11 is 0. The molecule has 0 bridgehead atoms. The number of nitrogens with zero attached hydrogens (tertiary/aromatic N) is 1. The Morgan fingerprint density at radius 3 is 2.54 bits per heavy atom. The maximum atomic E-state index is 12.0. The van der Waals surface area contributed by atoms with E-state index in [-0.39, 0.29) is 11.6 Å². The summed E-state index contributed by atoms with van der Waals surface area (Å²) in [6.07, 6.45) is 2.86. The van der Waals surface area contributed by atoms with Crippen molar-refractivity contribution in [1.82, 2.24) is 0 Å². The van der Waals surface area contributed by atoms with E-state index < -0.39 is 4.92 Å². The van der Waals surface area contributed by atoms with Gasteiger partial charge in [0, 0.05) is 17.8 Å². The van der Waals surface area contributed by atoms with Gasteiger partial charge in [0.05, 0.1) is 10.5 Å². The lowest BCUT2D eigenvalue weighted by Crippen LogP contribution is -2.07. The van der Waals surface area contributed by atoms with Crippen LogP contribution in [-0.2, 0) is 4.79 Å². The predicted molar refractivity (Wildman–Crippen MR) is 99.6 cm³/mol. The minimum atomic E-state index is -0.456. The molecule has 0 aliphatic rings. The monoisotopic (exact) mass is 348 g/mol. The maximum absolute atomic E-state index is 12.0. The van der Waals surface area contributed by atoms with E-state index in [0.29, 0.717) is 22.8 Å². The van der Waals surface area contributed by atoms with Gasteiger partial charge in [-0.1, -0.05) is 29.8 Å². The van der Waals surface area contributed by atoms with Crippen molar-refractivity contribution < 1.29 is 14.1 Å². The Labute approximate surface area is 149 Å². The average Bonchev–Trinajstić information content (AvgIpc) is 3.11. The number of nitro groups is 1. The molecular weight excluding hydrogens is 332 g/mol. The fourth-order valence-electron chi connectivity index (χ4n) is 2.41. The van der Waals surface area contributed by atoms with Crippen molar-refractivity contribution in [3.05, 3.63) is 88.2 Å². The molecule has 6 heteroatoms. The first-order valence-electron chi connectivity index (χ1n) is 7.92. The molecular formula is C20H16N2O4. The molecule has 0 fully saturated rings. The lowest BCUT2D eigenvalue weighted by molar-refractivity contribution is -0.384. The second-order valence-electron chi connectivity index (χ2n) is 5.66. The number of aryl methyl sites for hydroxylation is 1. The normalized spacial score (nSPS) is 10.8. The van der Waals surface area contributed by atoms with Gasteiger partial charge in [0.1, 0.15) is 11.5 Å². The quantitative estimate of drug-likeness (QED) is 0.407. The van der Waals surface area contributed by atoms with Crippen LogP contribution < -0.4 is 5.32 Å². The molecule has 130 valence electrons. The van der Waals surface area contributed by atoms with Crippen LogP contribution in [0.15, 0.2) is 71.2 Å². The van der Waals surface area contributed by atoms with Crippen LogP contribution >= 0.6 is 0 Å². The zero-order valence-corrected chi connectivity index (χ0v) is 14.0. The van der Waals surface area contributed by atoms with Crippen LogP contribution in [0.5, 0.6) is 0 Å². The molecule has 1 amide bonds. The molecule has 0 aliphatic carbocycles. The fraction of sp³-hybridized carbons (Fsp3) is 0.0500. The van der Waals surface area contributed by atoms with Gasteiger partial charge in [0.15, 0.2) is 0 Å². The highest BCUT2D eigenvalue weighted by Crippen LogP contribution is 2.31. The van der Waals surface area contributed by atoms with Crippen molar-refractivity contribution in [3.63, 3.8) is 0 Å². The van der Waals surface area contributed by atoms with E-state index in [0.717, 1.165) is 5.56 Å². The van der Waals surface area contributed by atoms with Crippen LogP contribution in [0.25, 0.3) is 17.4 Å². The van der Waals surface area contributed by atoms with E-state index in [1.807, 2.05) is 31.2 Å². The lowest BCUT2D eigenvalue weighted by Gasteiger charge is -2.01. The van der Waals surface area contributed by atoms with Gasteiger partial charge in [0.2, 0.25) is 5.91 Å². The number of nitrogens with one attached hydrogen (secondary N) is 1. The third kappa shape index (κ3) is 4.05. The number of benzene rings is 2. The number of furan rings is 1. The third-order valence-electron chi connectivity index (χ3n) is 3.71.